The fraction of sp³-hybridized carbons (Fsp3) is 0.778. The van der Waals surface area contributed by atoms with Gasteiger partial charge in [-0.3, -0.25) is 0 Å². The molecule has 1 aromatic heterocycles. The van der Waals surface area contributed by atoms with Gasteiger partial charge in [-0.25, -0.2) is 13.1 Å². The largest absolute Gasteiger partial charge is 0.339 e. The minimum Gasteiger partial charge on any atom is -0.339 e. The smallest absolute Gasteiger partial charge is 0.227 e. The van der Waals surface area contributed by atoms with E-state index in [9.17, 15) is 8.42 Å². The van der Waals surface area contributed by atoms with E-state index in [2.05, 4.69) is 14.9 Å². The van der Waals surface area contributed by atoms with Crippen molar-refractivity contribution in [1.82, 2.24) is 14.9 Å². The summed E-state index contributed by atoms with van der Waals surface area (Å²) in [6.07, 6.45) is 0.384. The molecule has 0 aliphatic carbocycles. The third-order valence-corrected chi connectivity index (χ3v) is 4.18. The number of halogens is 1. The summed E-state index contributed by atoms with van der Waals surface area (Å²) in [6, 6.07) is 0. The SMILES string of the molecule is Cc1noc(CCNS(=O)(=O)CC(C)CCl)n1. The Balaban J connectivity index is 2.35. The molecule has 0 saturated carbocycles. The predicted octanol–water partition coefficient (Wildman–Crippen LogP) is 0.715. The molecule has 6 nitrogen and oxygen atoms in total. The molecule has 0 radical (unpaired) electrons. The lowest BCUT2D eigenvalue weighted by molar-refractivity contribution is 0.375. The van der Waals surface area contributed by atoms with Gasteiger partial charge in [-0.15, -0.1) is 11.6 Å². The molecular weight excluding hydrogens is 266 g/mol. The summed E-state index contributed by atoms with van der Waals surface area (Å²) in [6.45, 7) is 3.74. The van der Waals surface area contributed by atoms with E-state index in [4.69, 9.17) is 16.1 Å². The van der Waals surface area contributed by atoms with Crippen LogP contribution in [0.5, 0.6) is 0 Å². The van der Waals surface area contributed by atoms with Crippen molar-refractivity contribution in [2.24, 2.45) is 5.92 Å². The highest BCUT2D eigenvalue weighted by molar-refractivity contribution is 7.89. The molecule has 0 saturated heterocycles. The lowest BCUT2D eigenvalue weighted by atomic mass is 10.3. The van der Waals surface area contributed by atoms with E-state index in [1.807, 2.05) is 0 Å². The topological polar surface area (TPSA) is 85.1 Å². The number of hydrogen-bond donors (Lipinski definition) is 1. The zero-order valence-corrected chi connectivity index (χ0v) is 11.4. The van der Waals surface area contributed by atoms with Crippen LogP contribution in [-0.2, 0) is 16.4 Å². The van der Waals surface area contributed by atoms with Gasteiger partial charge >= 0.3 is 0 Å². The average Bonchev–Trinajstić information content (AvgIpc) is 2.63. The quantitative estimate of drug-likeness (QED) is 0.744. The average molecular weight is 282 g/mol. The highest BCUT2D eigenvalue weighted by atomic mass is 35.5. The van der Waals surface area contributed by atoms with Crippen LogP contribution in [-0.4, -0.2) is 36.7 Å². The molecule has 1 rings (SSSR count). The standard InChI is InChI=1S/C9H16ClN3O3S/c1-7(5-10)6-17(14,15)11-4-3-9-12-8(2)13-16-9/h7,11H,3-6H2,1-2H3. The van der Waals surface area contributed by atoms with E-state index < -0.39 is 10.0 Å². The third kappa shape index (κ3) is 5.47. The molecule has 1 N–H and O–H groups in total. The van der Waals surface area contributed by atoms with Crippen molar-refractivity contribution in [1.29, 1.82) is 0 Å². The molecule has 1 heterocycles. The van der Waals surface area contributed by atoms with E-state index in [-0.39, 0.29) is 18.2 Å². The highest BCUT2D eigenvalue weighted by Gasteiger charge is 2.14. The number of aryl methyl sites for hydroxylation is 1. The van der Waals surface area contributed by atoms with Gasteiger partial charge in [0.15, 0.2) is 5.82 Å². The molecule has 0 spiro atoms. The summed E-state index contributed by atoms with van der Waals surface area (Å²) in [5.41, 5.74) is 0. The second-order valence-corrected chi connectivity index (χ2v) is 6.08. The normalized spacial score (nSPS) is 13.8. The first-order chi connectivity index (χ1) is 7.93. The van der Waals surface area contributed by atoms with Gasteiger partial charge in [0.1, 0.15) is 0 Å². The molecule has 1 unspecified atom stereocenters. The lowest BCUT2D eigenvalue weighted by Crippen LogP contribution is -2.31. The molecule has 0 aliphatic heterocycles. The van der Waals surface area contributed by atoms with Crippen molar-refractivity contribution >= 4 is 21.6 Å². The summed E-state index contributed by atoms with van der Waals surface area (Å²) in [5.74, 6) is 1.25. The maximum absolute atomic E-state index is 11.6. The first-order valence-corrected chi connectivity index (χ1v) is 7.44. The van der Waals surface area contributed by atoms with Crippen LogP contribution in [0.4, 0.5) is 0 Å². The molecule has 0 aliphatic rings. The Morgan fingerprint density at radius 3 is 2.76 bits per heavy atom. The molecule has 0 amide bonds. The van der Waals surface area contributed by atoms with Crippen LogP contribution in [0.3, 0.4) is 0 Å². The Labute approximate surface area is 106 Å². The summed E-state index contributed by atoms with van der Waals surface area (Å²) in [4.78, 5) is 3.97. The van der Waals surface area contributed by atoms with E-state index >= 15 is 0 Å². The monoisotopic (exact) mass is 281 g/mol. The number of nitrogens with zero attached hydrogens (tertiary/aromatic N) is 2. The van der Waals surface area contributed by atoms with Crippen LogP contribution in [0, 0.1) is 12.8 Å². The minimum atomic E-state index is -3.28. The summed E-state index contributed by atoms with van der Waals surface area (Å²) in [5, 5.41) is 3.61. The Kier molecular flexibility index (Phi) is 5.35. The van der Waals surface area contributed by atoms with Gasteiger partial charge in [0.2, 0.25) is 15.9 Å². The number of alkyl halides is 1. The van der Waals surface area contributed by atoms with Crippen LogP contribution in [0.15, 0.2) is 4.52 Å². The first-order valence-electron chi connectivity index (χ1n) is 5.25. The van der Waals surface area contributed by atoms with Gasteiger partial charge in [0.25, 0.3) is 0 Å². The van der Waals surface area contributed by atoms with Gasteiger partial charge in [-0.05, 0) is 12.8 Å². The zero-order valence-electron chi connectivity index (χ0n) is 9.81. The molecular formula is C9H16ClN3O3S. The fourth-order valence-corrected chi connectivity index (χ4v) is 2.87. The zero-order chi connectivity index (χ0) is 12.9. The third-order valence-electron chi connectivity index (χ3n) is 2.00. The number of sulfonamides is 1. The molecule has 98 valence electrons. The molecule has 0 aromatic carbocycles. The van der Waals surface area contributed by atoms with Gasteiger partial charge in [0, 0.05) is 18.8 Å². The molecule has 1 atom stereocenters. The van der Waals surface area contributed by atoms with E-state index in [1.165, 1.54) is 0 Å². The van der Waals surface area contributed by atoms with Gasteiger partial charge < -0.3 is 4.52 Å². The maximum Gasteiger partial charge on any atom is 0.227 e. The molecule has 0 fully saturated rings. The van der Waals surface area contributed by atoms with Gasteiger partial charge in [-0.1, -0.05) is 12.1 Å². The van der Waals surface area contributed by atoms with E-state index in [0.717, 1.165) is 0 Å². The number of aromatic nitrogens is 2. The Morgan fingerprint density at radius 1 is 1.53 bits per heavy atom. The summed E-state index contributed by atoms with van der Waals surface area (Å²) < 4.78 is 30.4. The van der Waals surface area contributed by atoms with Crippen LogP contribution in [0.1, 0.15) is 18.6 Å². The van der Waals surface area contributed by atoms with Crippen molar-refractivity contribution in [2.75, 3.05) is 18.2 Å². The predicted molar refractivity (Wildman–Crippen MR) is 64.4 cm³/mol. The van der Waals surface area contributed by atoms with Crippen LogP contribution >= 0.6 is 11.6 Å². The van der Waals surface area contributed by atoms with Crippen molar-refractivity contribution in [2.45, 2.75) is 20.3 Å². The second-order valence-electron chi connectivity index (χ2n) is 3.92. The van der Waals surface area contributed by atoms with Crippen LogP contribution in [0.25, 0.3) is 0 Å². The molecule has 8 heteroatoms. The van der Waals surface area contributed by atoms with Gasteiger partial charge in [-0.2, -0.15) is 4.98 Å². The van der Waals surface area contributed by atoms with E-state index in [1.54, 1.807) is 13.8 Å². The van der Waals surface area contributed by atoms with Gasteiger partial charge in [0.05, 0.1) is 5.75 Å². The van der Waals surface area contributed by atoms with Crippen LogP contribution < -0.4 is 4.72 Å². The number of nitrogens with one attached hydrogen (secondary N) is 1. The number of hydrogen-bond acceptors (Lipinski definition) is 5. The van der Waals surface area contributed by atoms with Crippen molar-refractivity contribution < 1.29 is 12.9 Å². The Bertz CT molecular complexity index is 446. The molecule has 17 heavy (non-hydrogen) atoms. The maximum atomic E-state index is 11.6. The van der Waals surface area contributed by atoms with E-state index in [0.29, 0.717) is 24.0 Å². The minimum absolute atomic E-state index is 0.0271. The van der Waals surface area contributed by atoms with Crippen LogP contribution in [0.2, 0.25) is 0 Å². The highest BCUT2D eigenvalue weighted by Crippen LogP contribution is 2.02. The molecule has 0 bridgehead atoms. The Morgan fingerprint density at radius 2 is 2.24 bits per heavy atom. The number of rotatable bonds is 7. The van der Waals surface area contributed by atoms with Crippen molar-refractivity contribution in [3.63, 3.8) is 0 Å². The second kappa shape index (κ2) is 6.32. The molecule has 1 aromatic rings. The summed E-state index contributed by atoms with van der Waals surface area (Å²) in [7, 11) is -3.28. The first kappa shape index (κ1) is 14.4. The van der Waals surface area contributed by atoms with Crippen molar-refractivity contribution in [3.8, 4) is 0 Å². The Hall–Kier alpha value is -0.660. The fourth-order valence-electron chi connectivity index (χ4n) is 1.23. The lowest BCUT2D eigenvalue weighted by Gasteiger charge is -2.08. The van der Waals surface area contributed by atoms with Crippen molar-refractivity contribution in [3.05, 3.63) is 11.7 Å². The summed E-state index contributed by atoms with van der Waals surface area (Å²) >= 11 is 5.57.